The standard InChI is InChI=1S/C9H16N2O/c1-4-6(3)8-7(5-2)9(10)11-12-8/h6H,4-5H2,1-3H3,(H2,10,11). The van der Waals surface area contributed by atoms with Gasteiger partial charge in [-0.3, -0.25) is 0 Å². The van der Waals surface area contributed by atoms with E-state index in [1.807, 2.05) is 0 Å². The van der Waals surface area contributed by atoms with E-state index >= 15 is 0 Å². The Labute approximate surface area is 72.9 Å². The fourth-order valence-corrected chi connectivity index (χ4v) is 1.26. The lowest BCUT2D eigenvalue weighted by Crippen LogP contribution is -1.96. The Balaban J connectivity index is 2.98. The molecular formula is C9H16N2O. The summed E-state index contributed by atoms with van der Waals surface area (Å²) in [5, 5.41) is 3.76. The van der Waals surface area contributed by atoms with Crippen molar-refractivity contribution in [3.05, 3.63) is 11.3 Å². The van der Waals surface area contributed by atoms with Crippen molar-refractivity contribution in [3.63, 3.8) is 0 Å². The van der Waals surface area contributed by atoms with Gasteiger partial charge in [-0.25, -0.2) is 0 Å². The summed E-state index contributed by atoms with van der Waals surface area (Å²) in [5.41, 5.74) is 6.71. The lowest BCUT2D eigenvalue weighted by molar-refractivity contribution is 0.363. The summed E-state index contributed by atoms with van der Waals surface area (Å²) in [6.45, 7) is 6.32. The first-order valence-electron chi connectivity index (χ1n) is 4.44. The maximum atomic E-state index is 5.64. The van der Waals surface area contributed by atoms with E-state index in [0.29, 0.717) is 11.7 Å². The van der Waals surface area contributed by atoms with Crippen molar-refractivity contribution >= 4 is 5.82 Å². The molecule has 0 radical (unpaired) electrons. The maximum absolute atomic E-state index is 5.64. The van der Waals surface area contributed by atoms with Gasteiger partial charge in [0.25, 0.3) is 0 Å². The minimum Gasteiger partial charge on any atom is -0.381 e. The van der Waals surface area contributed by atoms with E-state index in [-0.39, 0.29) is 0 Å². The zero-order chi connectivity index (χ0) is 9.14. The molecule has 0 fully saturated rings. The minimum atomic E-state index is 0.421. The summed E-state index contributed by atoms with van der Waals surface area (Å²) >= 11 is 0. The Morgan fingerprint density at radius 3 is 2.67 bits per heavy atom. The summed E-state index contributed by atoms with van der Waals surface area (Å²) in [6, 6.07) is 0. The van der Waals surface area contributed by atoms with Gasteiger partial charge in [-0.2, -0.15) is 0 Å². The van der Waals surface area contributed by atoms with Gasteiger partial charge in [-0.15, -0.1) is 0 Å². The van der Waals surface area contributed by atoms with Crippen LogP contribution in [0.1, 0.15) is 44.4 Å². The summed E-state index contributed by atoms with van der Waals surface area (Å²) in [7, 11) is 0. The predicted molar refractivity (Wildman–Crippen MR) is 49.0 cm³/mol. The predicted octanol–water partition coefficient (Wildman–Crippen LogP) is 2.33. The Morgan fingerprint density at radius 1 is 1.50 bits per heavy atom. The molecule has 0 aliphatic rings. The Hall–Kier alpha value is -0.990. The van der Waals surface area contributed by atoms with Crippen LogP contribution < -0.4 is 5.73 Å². The molecule has 12 heavy (non-hydrogen) atoms. The molecule has 1 atom stereocenters. The fourth-order valence-electron chi connectivity index (χ4n) is 1.26. The number of nitrogens with two attached hydrogens (primary N) is 1. The van der Waals surface area contributed by atoms with Crippen LogP contribution in [0.2, 0.25) is 0 Å². The summed E-state index contributed by atoms with van der Waals surface area (Å²) < 4.78 is 5.16. The third kappa shape index (κ3) is 1.44. The van der Waals surface area contributed by atoms with E-state index < -0.39 is 0 Å². The zero-order valence-corrected chi connectivity index (χ0v) is 7.92. The molecule has 1 unspecified atom stereocenters. The van der Waals surface area contributed by atoms with Gasteiger partial charge in [0.15, 0.2) is 5.82 Å². The van der Waals surface area contributed by atoms with Gasteiger partial charge in [-0.1, -0.05) is 25.9 Å². The molecule has 0 saturated carbocycles. The quantitative estimate of drug-likeness (QED) is 0.753. The fraction of sp³-hybridized carbons (Fsp3) is 0.667. The number of nitrogens with zero attached hydrogens (tertiary/aromatic N) is 1. The van der Waals surface area contributed by atoms with E-state index in [4.69, 9.17) is 10.3 Å². The molecule has 3 nitrogen and oxygen atoms in total. The van der Waals surface area contributed by atoms with Gasteiger partial charge in [0.2, 0.25) is 0 Å². The second-order valence-electron chi connectivity index (χ2n) is 3.07. The van der Waals surface area contributed by atoms with E-state index in [0.717, 1.165) is 24.2 Å². The molecule has 0 aliphatic heterocycles. The number of hydrogen-bond acceptors (Lipinski definition) is 3. The van der Waals surface area contributed by atoms with Crippen molar-refractivity contribution in [1.29, 1.82) is 0 Å². The van der Waals surface area contributed by atoms with Gasteiger partial charge in [-0.05, 0) is 12.8 Å². The molecular weight excluding hydrogens is 152 g/mol. The van der Waals surface area contributed by atoms with E-state index in [2.05, 4.69) is 25.9 Å². The van der Waals surface area contributed by atoms with E-state index in [9.17, 15) is 0 Å². The van der Waals surface area contributed by atoms with Crippen molar-refractivity contribution in [3.8, 4) is 0 Å². The number of anilines is 1. The molecule has 1 heterocycles. The van der Waals surface area contributed by atoms with Crippen molar-refractivity contribution < 1.29 is 4.52 Å². The SMILES string of the molecule is CCc1c(N)noc1C(C)CC. The second-order valence-corrected chi connectivity index (χ2v) is 3.07. The second kappa shape index (κ2) is 3.61. The van der Waals surface area contributed by atoms with Gasteiger partial charge in [0, 0.05) is 11.5 Å². The first-order valence-corrected chi connectivity index (χ1v) is 4.44. The molecule has 1 rings (SSSR count). The van der Waals surface area contributed by atoms with Crippen LogP contribution in [0.4, 0.5) is 5.82 Å². The molecule has 0 aromatic carbocycles. The third-order valence-electron chi connectivity index (χ3n) is 2.26. The molecule has 0 bridgehead atoms. The minimum absolute atomic E-state index is 0.421. The van der Waals surface area contributed by atoms with E-state index in [1.54, 1.807) is 0 Å². The molecule has 0 aliphatic carbocycles. The number of rotatable bonds is 3. The van der Waals surface area contributed by atoms with Gasteiger partial charge in [0.1, 0.15) is 5.76 Å². The number of aromatic nitrogens is 1. The highest BCUT2D eigenvalue weighted by molar-refractivity contribution is 5.41. The summed E-state index contributed by atoms with van der Waals surface area (Å²) in [6.07, 6.45) is 1.96. The average Bonchev–Trinajstić information content (AvgIpc) is 2.45. The lowest BCUT2D eigenvalue weighted by Gasteiger charge is -2.04. The van der Waals surface area contributed by atoms with Crippen LogP contribution in [0.3, 0.4) is 0 Å². The lowest BCUT2D eigenvalue weighted by atomic mass is 10.0. The summed E-state index contributed by atoms with van der Waals surface area (Å²) in [5.74, 6) is 1.93. The Morgan fingerprint density at radius 2 is 2.17 bits per heavy atom. The molecule has 0 spiro atoms. The summed E-state index contributed by atoms with van der Waals surface area (Å²) in [4.78, 5) is 0. The average molecular weight is 168 g/mol. The van der Waals surface area contributed by atoms with Crippen molar-refractivity contribution in [1.82, 2.24) is 5.16 Å². The zero-order valence-electron chi connectivity index (χ0n) is 7.92. The molecule has 68 valence electrons. The van der Waals surface area contributed by atoms with Crippen LogP contribution >= 0.6 is 0 Å². The maximum Gasteiger partial charge on any atom is 0.170 e. The Bertz CT molecular complexity index is 255. The van der Waals surface area contributed by atoms with Crippen molar-refractivity contribution in [2.45, 2.75) is 39.5 Å². The van der Waals surface area contributed by atoms with Crippen LogP contribution in [-0.4, -0.2) is 5.16 Å². The smallest absolute Gasteiger partial charge is 0.170 e. The molecule has 1 aromatic heterocycles. The largest absolute Gasteiger partial charge is 0.381 e. The number of nitrogen functional groups attached to an aromatic ring is 1. The van der Waals surface area contributed by atoms with Crippen LogP contribution in [0, 0.1) is 0 Å². The van der Waals surface area contributed by atoms with Crippen LogP contribution in [-0.2, 0) is 6.42 Å². The van der Waals surface area contributed by atoms with Gasteiger partial charge in [0.05, 0.1) is 0 Å². The number of hydrogen-bond donors (Lipinski definition) is 1. The monoisotopic (exact) mass is 168 g/mol. The highest BCUT2D eigenvalue weighted by Crippen LogP contribution is 2.26. The molecule has 0 amide bonds. The molecule has 2 N–H and O–H groups in total. The van der Waals surface area contributed by atoms with Crippen LogP contribution in [0.25, 0.3) is 0 Å². The van der Waals surface area contributed by atoms with Gasteiger partial charge >= 0.3 is 0 Å². The van der Waals surface area contributed by atoms with Crippen molar-refractivity contribution in [2.75, 3.05) is 5.73 Å². The van der Waals surface area contributed by atoms with Crippen LogP contribution in [0.5, 0.6) is 0 Å². The topological polar surface area (TPSA) is 52.0 Å². The molecule has 0 saturated heterocycles. The third-order valence-corrected chi connectivity index (χ3v) is 2.26. The van der Waals surface area contributed by atoms with Crippen molar-refractivity contribution in [2.24, 2.45) is 0 Å². The molecule has 1 aromatic rings. The first-order chi connectivity index (χ1) is 5.70. The van der Waals surface area contributed by atoms with Gasteiger partial charge < -0.3 is 10.3 Å². The highest BCUT2D eigenvalue weighted by Gasteiger charge is 2.16. The highest BCUT2D eigenvalue weighted by atomic mass is 16.5. The van der Waals surface area contributed by atoms with Crippen LogP contribution in [0.15, 0.2) is 4.52 Å². The molecule has 3 heteroatoms. The first kappa shape index (κ1) is 9.10. The Kier molecular flexibility index (Phi) is 2.74. The van der Waals surface area contributed by atoms with E-state index in [1.165, 1.54) is 0 Å². The normalized spacial score (nSPS) is 13.2.